The lowest BCUT2D eigenvalue weighted by atomic mass is 9.92. The number of nitrogens with zero attached hydrogens (tertiary/aromatic N) is 1. The van der Waals surface area contributed by atoms with Gasteiger partial charge in [-0.2, -0.15) is 0 Å². The summed E-state index contributed by atoms with van der Waals surface area (Å²) in [5.74, 6) is -0.614. The van der Waals surface area contributed by atoms with Gasteiger partial charge in [0, 0.05) is 11.6 Å². The van der Waals surface area contributed by atoms with Crippen molar-refractivity contribution >= 4 is 5.83 Å². The van der Waals surface area contributed by atoms with E-state index in [1.807, 2.05) is 0 Å². The van der Waals surface area contributed by atoms with Gasteiger partial charge >= 0.3 is 0 Å². The number of halogens is 1. The molecule has 0 spiro atoms. The second kappa shape index (κ2) is 5.16. The van der Waals surface area contributed by atoms with Crippen molar-refractivity contribution in [2.24, 2.45) is 0 Å². The number of allylic oxidation sites excluding steroid dienone is 2. The molecule has 1 aromatic carbocycles. The Morgan fingerprint density at radius 1 is 1.42 bits per heavy atom. The summed E-state index contributed by atoms with van der Waals surface area (Å²) >= 11 is 0. The molecule has 1 aliphatic rings. The Morgan fingerprint density at radius 3 is 2.74 bits per heavy atom. The quantitative estimate of drug-likeness (QED) is 0.672. The van der Waals surface area contributed by atoms with Gasteiger partial charge in [0.1, 0.15) is 11.4 Å². The van der Waals surface area contributed by atoms with Crippen molar-refractivity contribution in [3.63, 3.8) is 0 Å². The molecule has 98 valence electrons. The van der Waals surface area contributed by atoms with Crippen molar-refractivity contribution in [3.05, 3.63) is 76.0 Å². The minimum Gasteiger partial charge on any atom is -0.381 e. The highest BCUT2D eigenvalue weighted by Crippen LogP contribution is 2.28. The lowest BCUT2D eigenvalue weighted by Crippen LogP contribution is -2.27. The van der Waals surface area contributed by atoms with Crippen LogP contribution >= 0.6 is 0 Å². The third-order valence-corrected chi connectivity index (χ3v) is 2.80. The summed E-state index contributed by atoms with van der Waals surface area (Å²) in [5.41, 5.74) is -1.50. The molecule has 1 atom stereocenters. The molecule has 0 radical (unpaired) electrons. The van der Waals surface area contributed by atoms with E-state index in [4.69, 9.17) is 0 Å². The van der Waals surface area contributed by atoms with E-state index < -0.39 is 16.4 Å². The van der Waals surface area contributed by atoms with Gasteiger partial charge in [-0.15, -0.1) is 0 Å². The van der Waals surface area contributed by atoms with Gasteiger partial charge in [-0.3, -0.25) is 10.1 Å². The van der Waals surface area contributed by atoms with E-state index >= 15 is 0 Å². The highest BCUT2D eigenvalue weighted by molar-refractivity contribution is 5.60. The zero-order valence-electron chi connectivity index (χ0n) is 9.99. The van der Waals surface area contributed by atoms with Gasteiger partial charge in [0.25, 0.3) is 0 Å². The molecule has 0 heterocycles. The number of hydrogen-bond donors (Lipinski definition) is 1. The fraction of sp³-hybridized carbons (Fsp3) is 0.143. The molecule has 0 saturated carbocycles. The van der Waals surface area contributed by atoms with Gasteiger partial charge in [-0.1, -0.05) is 36.4 Å². The van der Waals surface area contributed by atoms with Crippen molar-refractivity contribution in [1.82, 2.24) is 0 Å². The lowest BCUT2D eigenvalue weighted by Gasteiger charge is -2.21. The smallest absolute Gasteiger partial charge is 0.249 e. The molecule has 1 N–H and O–H groups in total. The summed E-state index contributed by atoms with van der Waals surface area (Å²) in [5, 5.41) is 20.8. The number of aliphatic hydroxyl groups is 1. The summed E-state index contributed by atoms with van der Waals surface area (Å²) in [7, 11) is 0. The molecular weight excluding hydrogens is 249 g/mol. The first kappa shape index (κ1) is 13.2. The largest absolute Gasteiger partial charge is 0.381 e. The Balaban J connectivity index is 2.26. The van der Waals surface area contributed by atoms with Crippen LogP contribution in [0.3, 0.4) is 0 Å². The summed E-state index contributed by atoms with van der Waals surface area (Å²) in [6, 6.07) is 8.22. The maximum atomic E-state index is 14.0. The second-order valence-electron chi connectivity index (χ2n) is 4.30. The number of benzene rings is 1. The zero-order valence-corrected chi connectivity index (χ0v) is 9.99. The molecular formula is C14H12FNO3. The van der Waals surface area contributed by atoms with Gasteiger partial charge < -0.3 is 5.11 Å². The number of rotatable bonds is 3. The standard InChI is InChI=1S/C14H12FNO3/c15-13(11-5-2-1-3-6-11)10-14(17)8-4-7-12(9-14)16(18)19/h1-8,10,17H,9H2/b13-10+. The van der Waals surface area contributed by atoms with Crippen molar-refractivity contribution in [3.8, 4) is 0 Å². The van der Waals surface area contributed by atoms with Crippen LogP contribution in [-0.2, 0) is 0 Å². The molecule has 1 aliphatic carbocycles. The van der Waals surface area contributed by atoms with Crippen LogP contribution in [0.25, 0.3) is 5.83 Å². The van der Waals surface area contributed by atoms with E-state index in [-0.39, 0.29) is 12.1 Å². The van der Waals surface area contributed by atoms with Crippen molar-refractivity contribution in [2.75, 3.05) is 0 Å². The topological polar surface area (TPSA) is 63.4 Å². The van der Waals surface area contributed by atoms with Crippen LogP contribution in [0.1, 0.15) is 12.0 Å². The predicted molar refractivity (Wildman–Crippen MR) is 69.3 cm³/mol. The summed E-state index contributed by atoms with van der Waals surface area (Å²) < 4.78 is 14.0. The first-order chi connectivity index (χ1) is 9.00. The third-order valence-electron chi connectivity index (χ3n) is 2.80. The normalized spacial score (nSPS) is 23.1. The minimum atomic E-state index is -1.67. The average Bonchev–Trinajstić information content (AvgIpc) is 2.39. The highest BCUT2D eigenvalue weighted by atomic mass is 19.1. The monoisotopic (exact) mass is 261 g/mol. The second-order valence-corrected chi connectivity index (χ2v) is 4.30. The van der Waals surface area contributed by atoms with E-state index in [0.29, 0.717) is 5.56 Å². The highest BCUT2D eigenvalue weighted by Gasteiger charge is 2.31. The van der Waals surface area contributed by atoms with Crippen LogP contribution in [0, 0.1) is 10.1 Å². The van der Waals surface area contributed by atoms with Crippen LogP contribution < -0.4 is 0 Å². The molecule has 0 saturated heterocycles. The molecule has 1 unspecified atom stereocenters. The first-order valence-corrected chi connectivity index (χ1v) is 5.69. The molecule has 0 amide bonds. The fourth-order valence-electron chi connectivity index (χ4n) is 1.86. The van der Waals surface area contributed by atoms with Crippen molar-refractivity contribution in [1.29, 1.82) is 0 Å². The van der Waals surface area contributed by atoms with Gasteiger partial charge in [0.2, 0.25) is 5.70 Å². The summed E-state index contributed by atoms with van der Waals surface area (Å²) in [6.07, 6.45) is 4.73. The van der Waals surface area contributed by atoms with Crippen LogP contribution in [0.2, 0.25) is 0 Å². The Morgan fingerprint density at radius 2 is 2.11 bits per heavy atom. The van der Waals surface area contributed by atoms with Crippen LogP contribution in [0.4, 0.5) is 4.39 Å². The average molecular weight is 261 g/mol. The van der Waals surface area contributed by atoms with E-state index in [1.54, 1.807) is 30.3 Å². The SMILES string of the molecule is O=[N+]([O-])C1=CC=CC(O)(/C=C(/F)c2ccccc2)C1. The van der Waals surface area contributed by atoms with Crippen molar-refractivity contribution < 1.29 is 14.4 Å². The predicted octanol–water partition coefficient (Wildman–Crippen LogP) is 2.85. The van der Waals surface area contributed by atoms with Gasteiger partial charge in [-0.25, -0.2) is 4.39 Å². The maximum absolute atomic E-state index is 14.0. The molecule has 0 aliphatic heterocycles. The molecule has 0 aromatic heterocycles. The zero-order chi connectivity index (χ0) is 13.9. The number of hydrogen-bond acceptors (Lipinski definition) is 3. The minimum absolute atomic E-state index is 0.151. The molecule has 0 bridgehead atoms. The molecule has 4 nitrogen and oxygen atoms in total. The molecule has 2 rings (SSSR count). The third kappa shape index (κ3) is 3.14. The van der Waals surface area contributed by atoms with E-state index in [9.17, 15) is 19.6 Å². The maximum Gasteiger partial charge on any atom is 0.249 e. The molecule has 19 heavy (non-hydrogen) atoms. The van der Waals surface area contributed by atoms with E-state index in [0.717, 1.165) is 6.08 Å². The lowest BCUT2D eigenvalue weighted by molar-refractivity contribution is -0.430. The van der Waals surface area contributed by atoms with Gasteiger partial charge in [-0.05, 0) is 12.2 Å². The Hall–Kier alpha value is -2.27. The summed E-state index contributed by atoms with van der Waals surface area (Å²) in [6.45, 7) is 0. The van der Waals surface area contributed by atoms with Crippen LogP contribution in [0.15, 0.2) is 60.3 Å². The van der Waals surface area contributed by atoms with Crippen LogP contribution in [0.5, 0.6) is 0 Å². The van der Waals surface area contributed by atoms with Crippen LogP contribution in [-0.4, -0.2) is 15.6 Å². The molecule has 0 fully saturated rings. The van der Waals surface area contributed by atoms with E-state index in [2.05, 4.69) is 0 Å². The fourth-order valence-corrected chi connectivity index (χ4v) is 1.86. The van der Waals surface area contributed by atoms with Gasteiger partial charge in [0.05, 0.1) is 11.3 Å². The van der Waals surface area contributed by atoms with Gasteiger partial charge in [0.15, 0.2) is 0 Å². The van der Waals surface area contributed by atoms with Crippen molar-refractivity contribution in [2.45, 2.75) is 12.0 Å². The molecule has 5 heteroatoms. The number of nitro groups is 1. The molecule has 1 aromatic rings. The van der Waals surface area contributed by atoms with E-state index in [1.165, 1.54) is 18.2 Å². The Bertz CT molecular complexity index is 578. The Labute approximate surface area is 109 Å². The first-order valence-electron chi connectivity index (χ1n) is 5.69. The summed E-state index contributed by atoms with van der Waals surface area (Å²) in [4.78, 5) is 10.1. The Kier molecular flexibility index (Phi) is 3.57.